The molecule has 0 fully saturated rings. The highest BCUT2D eigenvalue weighted by Crippen LogP contribution is 2.25. The van der Waals surface area contributed by atoms with E-state index in [1.54, 1.807) is 23.0 Å². The maximum atomic E-state index is 14.2. The van der Waals surface area contributed by atoms with E-state index >= 15 is 0 Å². The van der Waals surface area contributed by atoms with Gasteiger partial charge in [-0.3, -0.25) is 0 Å². The summed E-state index contributed by atoms with van der Waals surface area (Å²) in [6.07, 6.45) is 14.6. The summed E-state index contributed by atoms with van der Waals surface area (Å²) in [7, 11) is 0. The van der Waals surface area contributed by atoms with Crippen LogP contribution in [-0.4, -0.2) is 42.3 Å². The summed E-state index contributed by atoms with van der Waals surface area (Å²) in [5, 5.41) is 21.3. The smallest absolute Gasteiger partial charge is 0.163 e. The molecule has 1 unspecified atom stereocenters. The van der Waals surface area contributed by atoms with Gasteiger partial charge in [0, 0.05) is 36.1 Å². The molecule has 8 nitrogen and oxygen atoms in total. The van der Waals surface area contributed by atoms with Gasteiger partial charge in [0.15, 0.2) is 5.65 Å². The molecule has 9 heteroatoms. The molecule has 3 aromatic heterocycles. The Morgan fingerprint density at radius 2 is 1.76 bits per heavy atom. The summed E-state index contributed by atoms with van der Waals surface area (Å²) in [6.45, 7) is 4.56. The average Bonchev–Trinajstić information content (AvgIpc) is 3.36. The van der Waals surface area contributed by atoms with Crippen LogP contribution in [-0.2, 0) is 13.0 Å². The summed E-state index contributed by atoms with van der Waals surface area (Å²) in [5.41, 5.74) is 3.54. The fourth-order valence-corrected chi connectivity index (χ4v) is 4.54. The quantitative estimate of drug-likeness (QED) is 0.172. The molecule has 0 amide bonds. The summed E-state index contributed by atoms with van der Waals surface area (Å²) < 4.78 is 15.9. The van der Waals surface area contributed by atoms with E-state index < -0.39 is 0 Å². The van der Waals surface area contributed by atoms with Crippen LogP contribution in [0.25, 0.3) is 5.65 Å². The van der Waals surface area contributed by atoms with Crippen LogP contribution in [0.15, 0.2) is 55.2 Å². The van der Waals surface area contributed by atoms with E-state index in [1.165, 1.54) is 18.1 Å². The normalized spacial score (nSPS) is 12.2. The number of halogens is 1. The lowest BCUT2D eigenvalue weighted by Gasteiger charge is -2.19. The number of benzene rings is 1. The predicted octanol–water partition coefficient (Wildman–Crippen LogP) is 5.75. The molecule has 0 saturated heterocycles. The van der Waals surface area contributed by atoms with Gasteiger partial charge in [0.05, 0.1) is 18.8 Å². The Hall–Kier alpha value is -3.59. The van der Waals surface area contributed by atoms with Crippen molar-refractivity contribution in [2.75, 3.05) is 17.2 Å². The standard InChI is InChI=1S/C29H38FN7O/c1-21(2)25-18-34-37-28(33-17-23-11-8-9-13-26(23)30)14-27(36-29(25)37)35-24(19-38)12-7-5-3-4-6-10-22-15-31-20-32-16-22/h8-9,11,13-16,18,20-21,24,33,38H,3-7,10,12,17,19H2,1-2H3,(H,35,36). The molecule has 3 heterocycles. The molecule has 4 aromatic rings. The van der Waals surface area contributed by atoms with Gasteiger partial charge in [-0.25, -0.2) is 19.3 Å². The molecule has 0 aliphatic rings. The summed E-state index contributed by atoms with van der Waals surface area (Å²) in [5.74, 6) is 1.38. The molecule has 0 saturated carbocycles. The number of unbranched alkanes of at least 4 members (excludes halogenated alkanes) is 4. The monoisotopic (exact) mass is 519 g/mol. The minimum Gasteiger partial charge on any atom is -0.394 e. The van der Waals surface area contributed by atoms with Crippen molar-refractivity contribution in [2.45, 2.75) is 77.3 Å². The Morgan fingerprint density at radius 3 is 2.53 bits per heavy atom. The number of fused-ring (bicyclic) bond motifs is 1. The second kappa shape index (κ2) is 13.8. The Labute approximate surface area is 223 Å². The zero-order valence-corrected chi connectivity index (χ0v) is 22.3. The van der Waals surface area contributed by atoms with Gasteiger partial charge < -0.3 is 15.7 Å². The number of aromatic nitrogens is 5. The molecular formula is C29H38FN7O. The van der Waals surface area contributed by atoms with Gasteiger partial charge in [-0.2, -0.15) is 9.61 Å². The zero-order valence-electron chi connectivity index (χ0n) is 22.3. The van der Waals surface area contributed by atoms with Crippen molar-refractivity contribution < 1.29 is 9.50 Å². The van der Waals surface area contributed by atoms with E-state index in [-0.39, 0.29) is 24.4 Å². The first-order valence-electron chi connectivity index (χ1n) is 13.5. The number of nitrogens with one attached hydrogen (secondary N) is 2. The van der Waals surface area contributed by atoms with E-state index in [0.29, 0.717) is 23.7 Å². The predicted molar refractivity (Wildman–Crippen MR) is 149 cm³/mol. The summed E-state index contributed by atoms with van der Waals surface area (Å²) in [4.78, 5) is 13.0. The minimum absolute atomic E-state index is 0.0230. The van der Waals surface area contributed by atoms with Crippen LogP contribution in [0.4, 0.5) is 16.0 Å². The molecule has 3 N–H and O–H groups in total. The lowest BCUT2D eigenvalue weighted by Crippen LogP contribution is -2.24. The molecule has 0 aliphatic heterocycles. The zero-order chi connectivity index (χ0) is 26.7. The fourth-order valence-electron chi connectivity index (χ4n) is 4.54. The molecule has 38 heavy (non-hydrogen) atoms. The molecule has 0 radical (unpaired) electrons. The summed E-state index contributed by atoms with van der Waals surface area (Å²) in [6, 6.07) is 8.51. The molecule has 4 rings (SSSR count). The van der Waals surface area contributed by atoms with Crippen LogP contribution in [0, 0.1) is 5.82 Å². The van der Waals surface area contributed by atoms with Crippen LogP contribution in [0.3, 0.4) is 0 Å². The molecule has 0 aliphatic carbocycles. The molecule has 1 atom stereocenters. The first-order chi connectivity index (χ1) is 18.5. The van der Waals surface area contributed by atoms with Crippen molar-refractivity contribution in [3.05, 3.63) is 77.8 Å². The van der Waals surface area contributed by atoms with Crippen molar-refractivity contribution in [3.8, 4) is 0 Å². The molecular weight excluding hydrogens is 481 g/mol. The van der Waals surface area contributed by atoms with Crippen LogP contribution in [0.1, 0.15) is 75.0 Å². The van der Waals surface area contributed by atoms with Gasteiger partial charge in [0.2, 0.25) is 0 Å². The second-order valence-corrected chi connectivity index (χ2v) is 10.0. The Kier molecular flexibility index (Phi) is 9.97. The number of aliphatic hydroxyl groups excluding tert-OH is 1. The number of hydrogen-bond donors (Lipinski definition) is 3. The van der Waals surface area contributed by atoms with Crippen molar-refractivity contribution in [3.63, 3.8) is 0 Å². The SMILES string of the molecule is CC(C)c1cnn2c(NCc3ccccc3F)cc(NC(CO)CCCCCCCc3cncnc3)nc12. The molecule has 1 aromatic carbocycles. The first-order valence-corrected chi connectivity index (χ1v) is 13.5. The Balaban J connectivity index is 1.35. The first kappa shape index (κ1) is 27.4. The van der Waals surface area contributed by atoms with E-state index in [0.717, 1.165) is 49.7 Å². The minimum atomic E-state index is -0.249. The Morgan fingerprint density at radius 1 is 1.00 bits per heavy atom. The third kappa shape index (κ3) is 7.47. The number of aliphatic hydroxyl groups is 1. The molecule has 0 bridgehead atoms. The van der Waals surface area contributed by atoms with Crippen molar-refractivity contribution >= 4 is 17.3 Å². The van der Waals surface area contributed by atoms with Crippen LogP contribution >= 0.6 is 0 Å². The molecule has 202 valence electrons. The van der Waals surface area contributed by atoms with Gasteiger partial charge >= 0.3 is 0 Å². The molecule has 0 spiro atoms. The maximum absolute atomic E-state index is 14.2. The van der Waals surface area contributed by atoms with E-state index in [9.17, 15) is 9.50 Å². The largest absolute Gasteiger partial charge is 0.394 e. The van der Waals surface area contributed by atoms with Crippen molar-refractivity contribution in [1.29, 1.82) is 0 Å². The number of hydrogen-bond acceptors (Lipinski definition) is 7. The fraction of sp³-hybridized carbons (Fsp3) is 0.448. The number of nitrogens with zero attached hydrogens (tertiary/aromatic N) is 5. The third-order valence-corrected chi connectivity index (χ3v) is 6.74. The van der Waals surface area contributed by atoms with E-state index in [1.807, 2.05) is 30.7 Å². The average molecular weight is 520 g/mol. The number of aryl methyl sites for hydroxylation is 1. The lowest BCUT2D eigenvalue weighted by atomic mass is 10.0. The number of rotatable bonds is 15. The second-order valence-electron chi connectivity index (χ2n) is 10.0. The highest BCUT2D eigenvalue weighted by molar-refractivity contribution is 5.61. The Bertz CT molecular complexity index is 1280. The van der Waals surface area contributed by atoms with Gasteiger partial charge in [-0.1, -0.05) is 57.7 Å². The topological polar surface area (TPSA) is 100 Å². The van der Waals surface area contributed by atoms with Gasteiger partial charge in [0.1, 0.15) is 23.8 Å². The highest BCUT2D eigenvalue weighted by Gasteiger charge is 2.16. The van der Waals surface area contributed by atoms with Crippen molar-refractivity contribution in [2.24, 2.45) is 0 Å². The van der Waals surface area contributed by atoms with E-state index in [2.05, 4.69) is 39.5 Å². The highest BCUT2D eigenvalue weighted by atomic mass is 19.1. The maximum Gasteiger partial charge on any atom is 0.163 e. The van der Waals surface area contributed by atoms with Crippen LogP contribution in [0.5, 0.6) is 0 Å². The van der Waals surface area contributed by atoms with Crippen LogP contribution < -0.4 is 10.6 Å². The summed E-state index contributed by atoms with van der Waals surface area (Å²) >= 11 is 0. The van der Waals surface area contributed by atoms with Crippen LogP contribution in [0.2, 0.25) is 0 Å². The van der Waals surface area contributed by atoms with Gasteiger partial charge in [0.25, 0.3) is 0 Å². The van der Waals surface area contributed by atoms with Crippen molar-refractivity contribution in [1.82, 2.24) is 24.6 Å². The lowest BCUT2D eigenvalue weighted by molar-refractivity contribution is 0.266. The van der Waals surface area contributed by atoms with E-state index in [4.69, 9.17) is 4.98 Å². The number of anilines is 2. The van der Waals surface area contributed by atoms with Gasteiger partial charge in [-0.05, 0) is 36.8 Å². The van der Waals surface area contributed by atoms with Gasteiger partial charge in [-0.15, -0.1) is 0 Å². The third-order valence-electron chi connectivity index (χ3n) is 6.74.